The van der Waals surface area contributed by atoms with E-state index in [4.69, 9.17) is 14.8 Å². The van der Waals surface area contributed by atoms with Crippen LogP contribution < -0.4 is 5.32 Å². The Morgan fingerprint density at radius 2 is 1.78 bits per heavy atom. The molecule has 2 aromatic carbocycles. The van der Waals surface area contributed by atoms with Gasteiger partial charge in [0.15, 0.2) is 11.6 Å². The molecule has 1 saturated heterocycles. The van der Waals surface area contributed by atoms with Gasteiger partial charge in [-0.25, -0.2) is 15.0 Å². The highest BCUT2D eigenvalue weighted by Gasteiger charge is 2.28. The molecule has 2 atom stereocenters. The van der Waals surface area contributed by atoms with Crippen LogP contribution in [0, 0.1) is 6.92 Å². The highest BCUT2D eigenvalue weighted by molar-refractivity contribution is 5.55. The Labute approximate surface area is 187 Å². The Kier molecular flexibility index (Phi) is 6.00. The number of ether oxygens (including phenoxy) is 1. The molecule has 4 aromatic rings. The number of aromatic nitrogens is 5. The molecule has 7 nitrogen and oxygen atoms in total. The summed E-state index contributed by atoms with van der Waals surface area (Å²) in [5.74, 6) is 1.84. The maximum absolute atomic E-state index is 6.25. The Balaban J connectivity index is 1.34. The number of nitrogens with one attached hydrogen (secondary N) is 1. The molecule has 0 amide bonds. The standard InChI is InChI=1S/C25H26N6O/c1-18-8-11-20(12-9-18)23-29-24(31(30-23)25-26-14-5-15-27-25)22-16-28-21(17-32-22)13-10-19-6-3-2-4-7-19/h2-9,11-12,14-15,21-22,28H,10,13,16-17H2,1H3/t21-,22-/m0/s1. The maximum atomic E-state index is 6.25. The number of benzene rings is 2. The van der Waals surface area contributed by atoms with Crippen LogP contribution in [0.4, 0.5) is 0 Å². The molecule has 0 spiro atoms. The van der Waals surface area contributed by atoms with Gasteiger partial charge in [0.05, 0.1) is 6.61 Å². The minimum absolute atomic E-state index is 0.224. The molecule has 5 rings (SSSR count). The van der Waals surface area contributed by atoms with Crippen LogP contribution in [0.25, 0.3) is 17.3 Å². The third kappa shape index (κ3) is 4.59. The number of hydrogen-bond donors (Lipinski definition) is 1. The predicted octanol–water partition coefficient (Wildman–Crippen LogP) is 3.70. The lowest BCUT2D eigenvalue weighted by Crippen LogP contribution is -2.43. The van der Waals surface area contributed by atoms with E-state index in [1.54, 1.807) is 23.1 Å². The SMILES string of the molecule is Cc1ccc(-c2nc([C@@H]3CN[C@@H](CCc4ccccc4)CO3)n(-c3ncccn3)n2)cc1. The normalized spacial score (nSPS) is 18.5. The third-order valence-corrected chi connectivity index (χ3v) is 5.69. The van der Waals surface area contributed by atoms with Gasteiger partial charge in [0.2, 0.25) is 0 Å². The van der Waals surface area contributed by atoms with Crippen molar-refractivity contribution in [1.82, 2.24) is 30.0 Å². The zero-order chi connectivity index (χ0) is 21.8. The van der Waals surface area contributed by atoms with Crippen molar-refractivity contribution in [3.63, 3.8) is 0 Å². The topological polar surface area (TPSA) is 77.8 Å². The van der Waals surface area contributed by atoms with Crippen molar-refractivity contribution >= 4 is 0 Å². The Morgan fingerprint density at radius 1 is 1.00 bits per heavy atom. The van der Waals surface area contributed by atoms with Crippen molar-refractivity contribution in [2.45, 2.75) is 31.9 Å². The Bertz CT molecular complexity index is 1140. The van der Waals surface area contributed by atoms with Crippen molar-refractivity contribution in [2.24, 2.45) is 0 Å². The van der Waals surface area contributed by atoms with Gasteiger partial charge in [-0.1, -0.05) is 60.2 Å². The fourth-order valence-electron chi connectivity index (χ4n) is 3.87. The second-order valence-corrected chi connectivity index (χ2v) is 8.07. The second kappa shape index (κ2) is 9.38. The fraction of sp³-hybridized carbons (Fsp3) is 0.280. The first-order valence-corrected chi connectivity index (χ1v) is 11.0. The number of morpholine rings is 1. The summed E-state index contributed by atoms with van der Waals surface area (Å²) in [6.07, 6.45) is 5.24. The minimum atomic E-state index is -0.224. The van der Waals surface area contributed by atoms with Gasteiger partial charge in [0.1, 0.15) is 6.10 Å². The van der Waals surface area contributed by atoms with E-state index < -0.39 is 0 Å². The quantitative estimate of drug-likeness (QED) is 0.507. The lowest BCUT2D eigenvalue weighted by atomic mass is 10.0. The average Bonchev–Trinajstić information content (AvgIpc) is 3.30. The Morgan fingerprint density at radius 3 is 2.50 bits per heavy atom. The van der Waals surface area contributed by atoms with Crippen LogP contribution in [-0.4, -0.2) is 43.9 Å². The first kappa shape index (κ1) is 20.5. The summed E-state index contributed by atoms with van der Waals surface area (Å²) in [5, 5.41) is 8.35. The smallest absolute Gasteiger partial charge is 0.252 e. The van der Waals surface area contributed by atoms with E-state index in [1.807, 2.05) is 18.2 Å². The van der Waals surface area contributed by atoms with Gasteiger partial charge in [-0.05, 0) is 31.4 Å². The van der Waals surface area contributed by atoms with Crippen LogP contribution in [0.1, 0.15) is 29.5 Å². The molecule has 1 N–H and O–H groups in total. The van der Waals surface area contributed by atoms with Crippen molar-refractivity contribution in [3.8, 4) is 17.3 Å². The van der Waals surface area contributed by atoms with E-state index in [0.717, 1.165) is 18.4 Å². The summed E-state index contributed by atoms with van der Waals surface area (Å²) >= 11 is 0. The average molecular weight is 427 g/mol. The van der Waals surface area contributed by atoms with Crippen LogP contribution in [0.3, 0.4) is 0 Å². The van der Waals surface area contributed by atoms with Crippen molar-refractivity contribution in [1.29, 1.82) is 0 Å². The van der Waals surface area contributed by atoms with E-state index in [0.29, 0.717) is 36.8 Å². The molecule has 7 heteroatoms. The van der Waals surface area contributed by atoms with Gasteiger partial charge >= 0.3 is 0 Å². The van der Waals surface area contributed by atoms with Crippen LogP contribution >= 0.6 is 0 Å². The molecule has 1 fully saturated rings. The molecule has 1 aliphatic heterocycles. The zero-order valence-corrected chi connectivity index (χ0v) is 18.1. The number of nitrogens with zero attached hydrogens (tertiary/aromatic N) is 5. The Hall–Kier alpha value is -3.42. The molecular weight excluding hydrogens is 400 g/mol. The summed E-state index contributed by atoms with van der Waals surface area (Å²) in [6, 6.07) is 20.8. The molecule has 1 aliphatic rings. The highest BCUT2D eigenvalue weighted by atomic mass is 16.5. The summed E-state index contributed by atoms with van der Waals surface area (Å²) in [7, 11) is 0. The predicted molar refractivity (Wildman–Crippen MR) is 122 cm³/mol. The molecule has 0 saturated carbocycles. The summed E-state index contributed by atoms with van der Waals surface area (Å²) in [4.78, 5) is 13.6. The van der Waals surface area contributed by atoms with E-state index in [2.05, 4.69) is 58.6 Å². The fourth-order valence-corrected chi connectivity index (χ4v) is 3.87. The van der Waals surface area contributed by atoms with Crippen molar-refractivity contribution in [2.75, 3.05) is 13.2 Å². The van der Waals surface area contributed by atoms with Crippen molar-refractivity contribution in [3.05, 3.63) is 90.0 Å². The van der Waals surface area contributed by atoms with Gasteiger partial charge < -0.3 is 10.1 Å². The van der Waals surface area contributed by atoms with E-state index in [-0.39, 0.29) is 6.10 Å². The lowest BCUT2D eigenvalue weighted by Gasteiger charge is -2.29. The monoisotopic (exact) mass is 426 g/mol. The molecule has 0 aliphatic carbocycles. The molecule has 2 aromatic heterocycles. The second-order valence-electron chi connectivity index (χ2n) is 8.07. The van der Waals surface area contributed by atoms with E-state index >= 15 is 0 Å². The third-order valence-electron chi connectivity index (χ3n) is 5.69. The largest absolute Gasteiger partial charge is 0.367 e. The number of rotatable bonds is 6. The molecule has 162 valence electrons. The first-order valence-electron chi connectivity index (χ1n) is 11.0. The summed E-state index contributed by atoms with van der Waals surface area (Å²) in [6.45, 7) is 3.35. The summed E-state index contributed by atoms with van der Waals surface area (Å²) in [5.41, 5.74) is 3.50. The van der Waals surface area contributed by atoms with Gasteiger partial charge in [0.25, 0.3) is 5.95 Å². The van der Waals surface area contributed by atoms with E-state index in [9.17, 15) is 0 Å². The maximum Gasteiger partial charge on any atom is 0.252 e. The molecule has 32 heavy (non-hydrogen) atoms. The minimum Gasteiger partial charge on any atom is -0.367 e. The molecule has 3 heterocycles. The lowest BCUT2D eigenvalue weighted by molar-refractivity contribution is -0.00480. The van der Waals surface area contributed by atoms with Gasteiger partial charge in [-0.2, -0.15) is 4.68 Å². The molecular formula is C25H26N6O. The molecule has 0 unspecified atom stereocenters. The highest BCUT2D eigenvalue weighted by Crippen LogP contribution is 2.25. The van der Waals surface area contributed by atoms with Crippen LogP contribution in [-0.2, 0) is 11.2 Å². The van der Waals surface area contributed by atoms with Gasteiger partial charge in [0, 0.05) is 30.5 Å². The van der Waals surface area contributed by atoms with E-state index in [1.165, 1.54) is 11.1 Å². The van der Waals surface area contributed by atoms with Crippen LogP contribution in [0.5, 0.6) is 0 Å². The summed E-state index contributed by atoms with van der Waals surface area (Å²) < 4.78 is 7.95. The number of aryl methyl sites for hydroxylation is 2. The molecule has 0 bridgehead atoms. The van der Waals surface area contributed by atoms with Gasteiger partial charge in [-0.3, -0.25) is 0 Å². The number of hydrogen-bond acceptors (Lipinski definition) is 6. The van der Waals surface area contributed by atoms with Gasteiger partial charge in [-0.15, -0.1) is 5.10 Å². The van der Waals surface area contributed by atoms with Crippen LogP contribution in [0.2, 0.25) is 0 Å². The van der Waals surface area contributed by atoms with Crippen LogP contribution in [0.15, 0.2) is 73.1 Å². The molecule has 0 radical (unpaired) electrons. The zero-order valence-electron chi connectivity index (χ0n) is 18.1. The van der Waals surface area contributed by atoms with Crippen molar-refractivity contribution < 1.29 is 4.74 Å². The first-order chi connectivity index (χ1) is 15.8.